The topological polar surface area (TPSA) is 104 Å². The van der Waals surface area contributed by atoms with E-state index in [2.05, 4.69) is 10.1 Å². The standard InChI is InChI=1S/C8H4N6/c9-1-5-3-12-14-4-6(2-10)7(11)13-8(5)14/h3-4H,(H2,11,13). The summed E-state index contributed by atoms with van der Waals surface area (Å²) in [6.07, 6.45) is 2.82. The zero-order valence-electron chi connectivity index (χ0n) is 6.97. The van der Waals surface area contributed by atoms with Crippen molar-refractivity contribution < 1.29 is 0 Å². The quantitative estimate of drug-likeness (QED) is 0.623. The van der Waals surface area contributed by atoms with Gasteiger partial charge in [-0.25, -0.2) is 9.50 Å². The number of nitrogen functional groups attached to an aromatic ring is 1. The van der Waals surface area contributed by atoms with Gasteiger partial charge in [0.2, 0.25) is 0 Å². The smallest absolute Gasteiger partial charge is 0.175 e. The van der Waals surface area contributed by atoms with Crippen molar-refractivity contribution in [3.05, 3.63) is 23.5 Å². The molecule has 0 saturated heterocycles. The molecule has 6 heteroatoms. The van der Waals surface area contributed by atoms with E-state index in [1.165, 1.54) is 16.9 Å². The predicted molar refractivity (Wildman–Crippen MR) is 46.8 cm³/mol. The van der Waals surface area contributed by atoms with Crippen LogP contribution in [-0.2, 0) is 0 Å². The first kappa shape index (κ1) is 8.02. The van der Waals surface area contributed by atoms with Gasteiger partial charge in [-0.05, 0) is 0 Å². The minimum Gasteiger partial charge on any atom is -0.382 e. The lowest BCUT2D eigenvalue weighted by Gasteiger charge is -1.97. The van der Waals surface area contributed by atoms with Gasteiger partial charge in [-0.1, -0.05) is 0 Å². The van der Waals surface area contributed by atoms with Gasteiger partial charge in [0.25, 0.3) is 0 Å². The van der Waals surface area contributed by atoms with Crippen molar-refractivity contribution in [2.24, 2.45) is 0 Å². The van der Waals surface area contributed by atoms with Crippen LogP contribution >= 0.6 is 0 Å². The van der Waals surface area contributed by atoms with Gasteiger partial charge < -0.3 is 5.73 Å². The van der Waals surface area contributed by atoms with Crippen LogP contribution in [-0.4, -0.2) is 14.6 Å². The van der Waals surface area contributed by atoms with Gasteiger partial charge in [-0.15, -0.1) is 0 Å². The van der Waals surface area contributed by atoms with Gasteiger partial charge in [-0.3, -0.25) is 0 Å². The molecule has 0 aliphatic carbocycles. The lowest BCUT2D eigenvalue weighted by molar-refractivity contribution is 0.937. The molecule has 6 nitrogen and oxygen atoms in total. The first-order valence-corrected chi connectivity index (χ1v) is 3.70. The third-order valence-electron chi connectivity index (χ3n) is 1.76. The summed E-state index contributed by atoms with van der Waals surface area (Å²) in [6.45, 7) is 0. The molecule has 2 rings (SSSR count). The molecule has 0 radical (unpaired) electrons. The maximum atomic E-state index is 8.69. The molecule has 0 atom stereocenters. The highest BCUT2D eigenvalue weighted by atomic mass is 15.2. The van der Waals surface area contributed by atoms with Crippen LogP contribution in [0.3, 0.4) is 0 Å². The second-order valence-electron chi connectivity index (χ2n) is 2.59. The number of nitrogens with two attached hydrogens (primary N) is 1. The molecule has 0 amide bonds. The van der Waals surface area contributed by atoms with Crippen LogP contribution in [0.25, 0.3) is 5.65 Å². The van der Waals surface area contributed by atoms with E-state index in [-0.39, 0.29) is 11.4 Å². The Bertz CT molecular complexity index is 582. The number of aromatic nitrogens is 3. The number of anilines is 1. The van der Waals surface area contributed by atoms with Gasteiger partial charge in [0, 0.05) is 0 Å². The lowest BCUT2D eigenvalue weighted by Crippen LogP contribution is -2.00. The molecular weight excluding hydrogens is 180 g/mol. The van der Waals surface area contributed by atoms with E-state index in [9.17, 15) is 0 Å². The van der Waals surface area contributed by atoms with Crippen molar-refractivity contribution in [3.63, 3.8) is 0 Å². The highest BCUT2D eigenvalue weighted by Crippen LogP contribution is 2.12. The van der Waals surface area contributed by atoms with Crippen molar-refractivity contribution in [1.82, 2.24) is 14.6 Å². The molecule has 0 aliphatic rings. The van der Waals surface area contributed by atoms with Crippen LogP contribution in [0.5, 0.6) is 0 Å². The molecule has 0 spiro atoms. The highest BCUT2D eigenvalue weighted by molar-refractivity contribution is 5.60. The molecule has 0 saturated carbocycles. The Morgan fingerprint density at radius 3 is 2.64 bits per heavy atom. The molecule has 2 aromatic heterocycles. The fraction of sp³-hybridized carbons (Fsp3) is 0. The SMILES string of the molecule is N#Cc1cn2ncc(C#N)c2nc1N. The molecule has 0 aromatic carbocycles. The van der Waals surface area contributed by atoms with E-state index in [0.717, 1.165) is 0 Å². The minimum absolute atomic E-state index is 0.108. The van der Waals surface area contributed by atoms with E-state index in [0.29, 0.717) is 11.2 Å². The molecule has 66 valence electrons. The minimum atomic E-state index is 0.108. The first-order chi connectivity index (χ1) is 6.76. The van der Waals surface area contributed by atoms with Crippen LogP contribution in [0.2, 0.25) is 0 Å². The van der Waals surface area contributed by atoms with Crippen LogP contribution in [0.15, 0.2) is 12.4 Å². The van der Waals surface area contributed by atoms with Crippen LogP contribution in [0.4, 0.5) is 5.82 Å². The van der Waals surface area contributed by atoms with Crippen molar-refractivity contribution >= 4 is 11.5 Å². The Kier molecular flexibility index (Phi) is 1.55. The summed E-state index contributed by atoms with van der Waals surface area (Å²) in [5.74, 6) is 0.108. The summed E-state index contributed by atoms with van der Waals surface area (Å²) in [5, 5.41) is 21.2. The molecule has 2 aromatic rings. The van der Waals surface area contributed by atoms with Crippen LogP contribution < -0.4 is 5.73 Å². The number of rotatable bonds is 0. The van der Waals surface area contributed by atoms with Gasteiger partial charge in [0.15, 0.2) is 5.65 Å². The third kappa shape index (κ3) is 0.952. The molecule has 2 N–H and O–H groups in total. The maximum absolute atomic E-state index is 8.69. The van der Waals surface area contributed by atoms with Crippen molar-refractivity contribution in [1.29, 1.82) is 10.5 Å². The van der Waals surface area contributed by atoms with Gasteiger partial charge >= 0.3 is 0 Å². The van der Waals surface area contributed by atoms with Crippen molar-refractivity contribution in [2.75, 3.05) is 5.73 Å². The second-order valence-corrected chi connectivity index (χ2v) is 2.59. The normalized spacial score (nSPS) is 9.57. The second kappa shape index (κ2) is 2.71. The van der Waals surface area contributed by atoms with Gasteiger partial charge in [0.1, 0.15) is 29.1 Å². The fourth-order valence-corrected chi connectivity index (χ4v) is 1.09. The average molecular weight is 184 g/mol. The van der Waals surface area contributed by atoms with E-state index < -0.39 is 0 Å². The molecule has 0 bridgehead atoms. The predicted octanol–water partition coefficient (Wildman–Crippen LogP) is 0.0549. The van der Waals surface area contributed by atoms with E-state index in [1.54, 1.807) is 0 Å². The summed E-state index contributed by atoms with van der Waals surface area (Å²) in [4.78, 5) is 3.91. The summed E-state index contributed by atoms with van der Waals surface area (Å²) in [5.41, 5.74) is 6.44. The third-order valence-corrected chi connectivity index (χ3v) is 1.76. The molecule has 0 fully saturated rings. The molecular formula is C8H4N6. The summed E-state index contributed by atoms with van der Waals surface area (Å²) in [6, 6.07) is 3.81. The van der Waals surface area contributed by atoms with Gasteiger partial charge in [0.05, 0.1) is 12.4 Å². The van der Waals surface area contributed by atoms with Gasteiger partial charge in [-0.2, -0.15) is 15.6 Å². The number of nitriles is 2. The molecule has 2 heterocycles. The van der Waals surface area contributed by atoms with Crippen LogP contribution in [0, 0.1) is 22.7 Å². The summed E-state index contributed by atoms with van der Waals surface area (Å²) >= 11 is 0. The number of hydrogen-bond acceptors (Lipinski definition) is 5. The first-order valence-electron chi connectivity index (χ1n) is 3.70. The van der Waals surface area contributed by atoms with E-state index in [4.69, 9.17) is 16.3 Å². The van der Waals surface area contributed by atoms with Crippen molar-refractivity contribution in [2.45, 2.75) is 0 Å². The Hall–Kier alpha value is -2.60. The summed E-state index contributed by atoms with van der Waals surface area (Å²) < 4.78 is 1.35. The molecule has 14 heavy (non-hydrogen) atoms. The average Bonchev–Trinajstić information content (AvgIpc) is 2.58. The Labute approximate surface area is 78.8 Å². The van der Waals surface area contributed by atoms with E-state index in [1.807, 2.05) is 12.1 Å². The Morgan fingerprint density at radius 2 is 2.00 bits per heavy atom. The summed E-state index contributed by atoms with van der Waals surface area (Å²) in [7, 11) is 0. The fourth-order valence-electron chi connectivity index (χ4n) is 1.09. The lowest BCUT2D eigenvalue weighted by atomic mass is 10.3. The monoisotopic (exact) mass is 184 g/mol. The molecule has 0 unspecified atom stereocenters. The number of fused-ring (bicyclic) bond motifs is 1. The Balaban J connectivity index is 2.85. The number of hydrogen-bond donors (Lipinski definition) is 1. The Morgan fingerprint density at radius 1 is 1.29 bits per heavy atom. The zero-order valence-corrected chi connectivity index (χ0v) is 6.97. The highest BCUT2D eigenvalue weighted by Gasteiger charge is 2.08. The largest absolute Gasteiger partial charge is 0.382 e. The molecule has 0 aliphatic heterocycles. The van der Waals surface area contributed by atoms with E-state index >= 15 is 0 Å². The zero-order chi connectivity index (χ0) is 10.1. The van der Waals surface area contributed by atoms with Crippen molar-refractivity contribution in [3.8, 4) is 12.1 Å². The number of nitrogens with zero attached hydrogens (tertiary/aromatic N) is 5. The van der Waals surface area contributed by atoms with Crippen LogP contribution in [0.1, 0.15) is 11.1 Å². The maximum Gasteiger partial charge on any atom is 0.175 e.